The summed E-state index contributed by atoms with van der Waals surface area (Å²) in [6.45, 7) is 3.61. The van der Waals surface area contributed by atoms with Crippen molar-refractivity contribution >= 4 is 35.6 Å². The van der Waals surface area contributed by atoms with Crippen LogP contribution in [-0.2, 0) is 35.2 Å². The molecular weight excluding hydrogens is 490 g/mol. The van der Waals surface area contributed by atoms with E-state index in [-0.39, 0.29) is 44.4 Å². The highest BCUT2D eigenvalue weighted by Gasteiger charge is 2.31. The molecule has 0 fully saturated rings. The lowest BCUT2D eigenvalue weighted by Crippen LogP contribution is -2.58. The van der Waals surface area contributed by atoms with Crippen molar-refractivity contribution in [3.05, 3.63) is 18.2 Å². The zero-order valence-corrected chi connectivity index (χ0v) is 20.7. The molecule has 15 nitrogen and oxygen atoms in total. The lowest BCUT2D eigenvalue weighted by molar-refractivity contribution is -0.142. The molecule has 1 aromatic heterocycles. The average Bonchev–Trinajstić information content (AvgIpc) is 3.31. The molecule has 1 aromatic rings. The van der Waals surface area contributed by atoms with Crippen molar-refractivity contribution in [3.8, 4) is 0 Å². The molecule has 0 spiro atoms. The van der Waals surface area contributed by atoms with E-state index < -0.39 is 59.7 Å². The molecule has 0 aliphatic carbocycles. The summed E-state index contributed by atoms with van der Waals surface area (Å²) in [5.74, 6) is -5.60. The molecule has 10 N–H and O–H groups in total. The zero-order chi connectivity index (χ0) is 28.1. The molecule has 206 valence electrons. The normalized spacial score (nSPS) is 14.2. The van der Waals surface area contributed by atoms with Crippen molar-refractivity contribution in [1.29, 1.82) is 0 Å². The number of H-pyrrole nitrogens is 1. The minimum Gasteiger partial charge on any atom is -0.481 e. The predicted octanol–water partition coefficient (Wildman–Crippen LogP) is -2.01. The molecule has 0 aliphatic heterocycles. The van der Waals surface area contributed by atoms with E-state index in [0.29, 0.717) is 5.69 Å². The van der Waals surface area contributed by atoms with Crippen LogP contribution in [0, 0.1) is 5.92 Å². The maximum absolute atomic E-state index is 13.1. The van der Waals surface area contributed by atoms with Gasteiger partial charge in [0.05, 0.1) is 12.4 Å². The molecule has 4 unspecified atom stereocenters. The van der Waals surface area contributed by atoms with E-state index in [4.69, 9.17) is 16.6 Å². The number of carbonyl (C=O) groups excluding carboxylic acids is 4. The fourth-order valence-electron chi connectivity index (χ4n) is 3.31. The van der Waals surface area contributed by atoms with Gasteiger partial charge in [-0.05, 0) is 25.2 Å². The summed E-state index contributed by atoms with van der Waals surface area (Å²) in [6.07, 6.45) is 1.88. The molecule has 0 bridgehead atoms. The van der Waals surface area contributed by atoms with Crippen LogP contribution in [0.3, 0.4) is 0 Å². The smallest absolute Gasteiger partial charge is 0.326 e. The third kappa shape index (κ3) is 12.0. The van der Waals surface area contributed by atoms with Gasteiger partial charge in [0.15, 0.2) is 0 Å². The SMILES string of the molecule is CC(C)CC(NC(=O)C(N)CCC(=O)O)C(=O)NC(Cc1cnc[nH]1)C(=O)NC(CCC(N)=O)C(=O)O. The molecule has 4 amide bonds. The Bertz CT molecular complexity index is 951. The minimum absolute atomic E-state index is 0.0589. The lowest BCUT2D eigenvalue weighted by atomic mass is 10.0. The van der Waals surface area contributed by atoms with Gasteiger partial charge in [-0.3, -0.25) is 24.0 Å². The summed E-state index contributed by atoms with van der Waals surface area (Å²) >= 11 is 0. The number of aromatic amines is 1. The first kappa shape index (κ1) is 31.0. The number of aliphatic carboxylic acids is 2. The van der Waals surface area contributed by atoms with Crippen molar-refractivity contribution in [3.63, 3.8) is 0 Å². The van der Waals surface area contributed by atoms with Crippen LogP contribution in [0.4, 0.5) is 0 Å². The van der Waals surface area contributed by atoms with E-state index in [1.54, 1.807) is 0 Å². The van der Waals surface area contributed by atoms with Gasteiger partial charge in [-0.1, -0.05) is 13.8 Å². The van der Waals surface area contributed by atoms with Crippen molar-refractivity contribution in [2.45, 2.75) is 76.5 Å². The van der Waals surface area contributed by atoms with Gasteiger partial charge in [0.1, 0.15) is 18.1 Å². The first-order chi connectivity index (χ1) is 17.3. The van der Waals surface area contributed by atoms with Crippen LogP contribution in [0.5, 0.6) is 0 Å². The van der Waals surface area contributed by atoms with Crippen LogP contribution in [-0.4, -0.2) is 79.9 Å². The van der Waals surface area contributed by atoms with Gasteiger partial charge in [0.2, 0.25) is 23.6 Å². The molecule has 0 saturated heterocycles. The predicted molar refractivity (Wildman–Crippen MR) is 128 cm³/mol. The average molecular weight is 526 g/mol. The summed E-state index contributed by atoms with van der Waals surface area (Å²) in [4.78, 5) is 78.6. The maximum atomic E-state index is 13.1. The largest absolute Gasteiger partial charge is 0.481 e. The highest BCUT2D eigenvalue weighted by molar-refractivity contribution is 5.94. The number of aromatic nitrogens is 2. The summed E-state index contributed by atoms with van der Waals surface area (Å²) in [5.41, 5.74) is 11.3. The van der Waals surface area contributed by atoms with Crippen LogP contribution < -0.4 is 27.4 Å². The number of nitrogens with zero attached hydrogens (tertiary/aromatic N) is 1. The number of carboxylic acids is 2. The molecule has 0 aromatic carbocycles. The molecule has 15 heteroatoms. The van der Waals surface area contributed by atoms with E-state index in [9.17, 15) is 33.9 Å². The number of rotatable bonds is 17. The van der Waals surface area contributed by atoms with Crippen LogP contribution in [0.2, 0.25) is 0 Å². The number of hydrogen-bond acceptors (Lipinski definition) is 8. The monoisotopic (exact) mass is 525 g/mol. The van der Waals surface area contributed by atoms with Crippen LogP contribution in [0.1, 0.15) is 51.6 Å². The van der Waals surface area contributed by atoms with Gasteiger partial charge >= 0.3 is 11.9 Å². The standard InChI is InChI=1S/C22H35N7O8/c1-11(2)7-15(28-19(33)13(23)3-6-18(31)32)20(34)29-16(8-12-9-25-10-26-12)21(35)27-14(22(36)37)4-5-17(24)30/h9-11,13-16H,3-8,23H2,1-2H3,(H2,24,30)(H,25,26)(H,27,35)(H,28,33)(H,29,34)(H,31,32)(H,36,37). The number of carboxylic acid groups (broad SMARTS) is 2. The summed E-state index contributed by atoms with van der Waals surface area (Å²) in [7, 11) is 0. The van der Waals surface area contributed by atoms with Gasteiger partial charge in [-0.2, -0.15) is 0 Å². The van der Waals surface area contributed by atoms with Gasteiger partial charge in [-0.25, -0.2) is 9.78 Å². The highest BCUT2D eigenvalue weighted by atomic mass is 16.4. The molecule has 1 rings (SSSR count). The Kier molecular flexibility index (Phi) is 12.7. The topological polar surface area (TPSA) is 260 Å². The number of primary amides is 1. The third-order valence-electron chi connectivity index (χ3n) is 5.25. The van der Waals surface area contributed by atoms with Crippen molar-refractivity contribution < 1.29 is 39.0 Å². The van der Waals surface area contributed by atoms with Crippen LogP contribution in [0.25, 0.3) is 0 Å². The van der Waals surface area contributed by atoms with E-state index in [1.165, 1.54) is 12.5 Å². The summed E-state index contributed by atoms with van der Waals surface area (Å²) in [6, 6.07) is -4.97. The Morgan fingerprint density at radius 1 is 0.919 bits per heavy atom. The number of nitrogens with two attached hydrogens (primary N) is 2. The first-order valence-corrected chi connectivity index (χ1v) is 11.7. The van der Waals surface area contributed by atoms with Crippen molar-refractivity contribution in [2.24, 2.45) is 17.4 Å². The van der Waals surface area contributed by atoms with Gasteiger partial charge in [-0.15, -0.1) is 0 Å². The van der Waals surface area contributed by atoms with Gasteiger partial charge in [0.25, 0.3) is 0 Å². The van der Waals surface area contributed by atoms with Crippen LogP contribution in [0.15, 0.2) is 12.5 Å². The highest BCUT2D eigenvalue weighted by Crippen LogP contribution is 2.09. The van der Waals surface area contributed by atoms with E-state index in [0.717, 1.165) is 0 Å². The Morgan fingerprint density at radius 3 is 2.03 bits per heavy atom. The summed E-state index contributed by atoms with van der Waals surface area (Å²) < 4.78 is 0. The second-order valence-electron chi connectivity index (χ2n) is 8.98. The minimum atomic E-state index is -1.43. The zero-order valence-electron chi connectivity index (χ0n) is 20.7. The molecule has 4 atom stereocenters. The molecule has 1 heterocycles. The van der Waals surface area contributed by atoms with E-state index >= 15 is 0 Å². The second kappa shape index (κ2) is 15.2. The Labute approximate surface area is 213 Å². The number of hydrogen-bond donors (Lipinski definition) is 8. The molecule has 0 aliphatic rings. The fraction of sp³-hybridized carbons (Fsp3) is 0.591. The third-order valence-corrected chi connectivity index (χ3v) is 5.25. The van der Waals surface area contributed by atoms with Gasteiger partial charge < -0.3 is 42.6 Å². The lowest BCUT2D eigenvalue weighted by Gasteiger charge is -2.26. The number of imidazole rings is 1. The Hall–Kier alpha value is -4.01. The Morgan fingerprint density at radius 2 is 1.51 bits per heavy atom. The Balaban J connectivity index is 3.04. The van der Waals surface area contributed by atoms with Crippen molar-refractivity contribution in [1.82, 2.24) is 25.9 Å². The van der Waals surface area contributed by atoms with E-state index in [2.05, 4.69) is 25.9 Å². The van der Waals surface area contributed by atoms with E-state index in [1.807, 2.05) is 13.8 Å². The van der Waals surface area contributed by atoms with Crippen LogP contribution >= 0.6 is 0 Å². The quantitative estimate of drug-likeness (QED) is 0.111. The maximum Gasteiger partial charge on any atom is 0.326 e. The molecule has 37 heavy (non-hydrogen) atoms. The molecule has 0 radical (unpaired) electrons. The second-order valence-corrected chi connectivity index (χ2v) is 8.98. The number of nitrogens with one attached hydrogen (secondary N) is 4. The molecular formula is C22H35N7O8. The van der Waals surface area contributed by atoms with Crippen molar-refractivity contribution in [2.75, 3.05) is 0 Å². The first-order valence-electron chi connectivity index (χ1n) is 11.7. The number of carbonyl (C=O) groups is 6. The molecule has 0 saturated carbocycles. The van der Waals surface area contributed by atoms with Gasteiger partial charge in [0, 0.05) is 31.2 Å². The fourth-order valence-corrected chi connectivity index (χ4v) is 3.31. The summed E-state index contributed by atoms with van der Waals surface area (Å²) in [5, 5.41) is 25.5. The number of amides is 4.